The molecule has 0 N–H and O–H groups in total. The second-order valence-corrected chi connectivity index (χ2v) is 34.3. The smallest absolute Gasteiger partial charge is 0.252 e. The minimum absolute atomic E-state index is 0.000687. The molecule has 4 aliphatic carbocycles. The van der Waals surface area contributed by atoms with Crippen molar-refractivity contribution in [1.82, 2.24) is 0 Å². The number of benzene rings is 8. The summed E-state index contributed by atoms with van der Waals surface area (Å²) in [5.41, 5.74) is 32.2. The van der Waals surface area contributed by atoms with Crippen LogP contribution < -0.4 is 31.1 Å². The number of hydrogen-bond donors (Lipinski definition) is 0. The van der Waals surface area contributed by atoms with Gasteiger partial charge in [0.2, 0.25) is 0 Å². The third-order valence-corrected chi connectivity index (χ3v) is 23.2. The summed E-state index contributed by atoms with van der Waals surface area (Å²) in [6, 6.07) is 59.5. The van der Waals surface area contributed by atoms with Gasteiger partial charge in [-0.1, -0.05) is 211 Å². The van der Waals surface area contributed by atoms with Gasteiger partial charge in [-0.2, -0.15) is 0 Å². The van der Waals surface area contributed by atoms with Gasteiger partial charge in [0, 0.05) is 50.9 Å². The lowest BCUT2D eigenvalue weighted by atomic mass is 9.32. The van der Waals surface area contributed by atoms with Gasteiger partial charge >= 0.3 is 0 Å². The SMILES string of the molecule is CC(C)(C)c1ccc(N(c2ccc(C(C)(C)C)cc2)c2cc3c4c(c2)N(c2ccc5c(c2)C(C)(C)CCC5(C)C)c2cc5c(cc2B4c2cc4c(cc2N3c2ccc3c(c2)-c2ccccc2C3(C)C)C(C)(C)CCC4(C)C)C(C)(C)CCC5(C)C)cc1. The maximum absolute atomic E-state index is 2.77. The van der Waals surface area contributed by atoms with Crippen molar-refractivity contribution in [2.75, 3.05) is 14.7 Å². The van der Waals surface area contributed by atoms with Gasteiger partial charge in [0.05, 0.1) is 5.69 Å². The first-order valence-electron chi connectivity index (χ1n) is 33.2. The normalized spacial score (nSPS) is 19.8. The van der Waals surface area contributed by atoms with Crippen molar-refractivity contribution in [2.24, 2.45) is 0 Å². The van der Waals surface area contributed by atoms with E-state index in [2.05, 4.69) is 299 Å². The monoisotopic (exact) mass is 1150 g/mol. The summed E-state index contributed by atoms with van der Waals surface area (Å²) >= 11 is 0. The summed E-state index contributed by atoms with van der Waals surface area (Å²) < 4.78 is 0. The number of hydrogen-bond acceptors (Lipinski definition) is 3. The standard InChI is InChI=1S/C83H96BN3/c1-75(2,3)51-25-29-53(30-26-51)85(54-31-27-52(28-32-54)76(4,5)6)57-45-72-74-73(46-57)87(56-34-36-62-63(44-56)78(9,10)38-37-77(62,7)8)71-50-67-65(80(13,14)40-42-82(67,17)18)48-69(71)84(74)68-47-64-66(81(15,16)41-39-79(64,11)12)49-70(68)86(72)55-33-35-61-59(43-55)58-23-21-22-24-60(58)83(61,19)20/h21-36,43-50H,37-42H2,1-20H3. The number of rotatable bonds is 5. The Morgan fingerprint density at radius 2 is 0.701 bits per heavy atom. The summed E-state index contributed by atoms with van der Waals surface area (Å²) in [6.07, 6.45) is 6.93. The van der Waals surface area contributed by atoms with E-state index in [4.69, 9.17) is 0 Å². The Bertz CT molecular complexity index is 4110. The number of nitrogens with zero attached hydrogens (tertiary/aromatic N) is 3. The third-order valence-electron chi connectivity index (χ3n) is 23.2. The van der Waals surface area contributed by atoms with Crippen LogP contribution in [-0.4, -0.2) is 6.71 Å². The summed E-state index contributed by atoms with van der Waals surface area (Å²) in [4.78, 5) is 8.09. The Kier molecular flexibility index (Phi) is 12.4. The van der Waals surface area contributed by atoms with Gasteiger partial charge in [0.25, 0.3) is 6.71 Å². The molecule has 8 aromatic carbocycles. The van der Waals surface area contributed by atoms with E-state index in [0.717, 1.165) is 49.2 Å². The summed E-state index contributed by atoms with van der Waals surface area (Å²) in [5, 5.41) is 0. The van der Waals surface area contributed by atoms with E-state index < -0.39 is 0 Å². The van der Waals surface area contributed by atoms with E-state index in [9.17, 15) is 0 Å². The zero-order chi connectivity index (χ0) is 61.9. The van der Waals surface area contributed by atoms with E-state index in [-0.39, 0.29) is 55.4 Å². The van der Waals surface area contributed by atoms with Crippen LogP contribution in [0.25, 0.3) is 11.1 Å². The van der Waals surface area contributed by atoms with Crippen LogP contribution >= 0.6 is 0 Å². The second-order valence-electron chi connectivity index (χ2n) is 34.3. The Morgan fingerprint density at radius 1 is 0.333 bits per heavy atom. The van der Waals surface area contributed by atoms with Crippen molar-refractivity contribution in [2.45, 2.75) is 226 Å². The molecule has 446 valence electrons. The highest BCUT2D eigenvalue weighted by atomic mass is 15.2. The molecule has 0 fully saturated rings. The Balaban J connectivity index is 1.16. The molecular formula is C83H96BN3. The fourth-order valence-corrected chi connectivity index (χ4v) is 17.0. The Morgan fingerprint density at radius 3 is 1.14 bits per heavy atom. The highest BCUT2D eigenvalue weighted by Gasteiger charge is 2.50. The van der Waals surface area contributed by atoms with E-state index in [1.54, 1.807) is 0 Å². The first-order valence-corrected chi connectivity index (χ1v) is 33.2. The van der Waals surface area contributed by atoms with Gasteiger partial charge in [0.1, 0.15) is 0 Å². The molecule has 0 saturated heterocycles. The molecule has 0 amide bonds. The predicted molar refractivity (Wildman–Crippen MR) is 376 cm³/mol. The Labute approximate surface area is 524 Å². The molecule has 87 heavy (non-hydrogen) atoms. The quantitative estimate of drug-likeness (QED) is 0.159. The molecule has 6 aliphatic rings. The summed E-state index contributed by atoms with van der Waals surface area (Å²) in [5.74, 6) is 0. The second kappa shape index (κ2) is 18.7. The highest BCUT2D eigenvalue weighted by molar-refractivity contribution is 7.00. The van der Waals surface area contributed by atoms with Crippen molar-refractivity contribution >= 4 is 74.3 Å². The van der Waals surface area contributed by atoms with E-state index in [0.29, 0.717) is 0 Å². The van der Waals surface area contributed by atoms with Gasteiger partial charge in [-0.15, -0.1) is 0 Å². The van der Waals surface area contributed by atoms with Crippen molar-refractivity contribution in [3.63, 3.8) is 0 Å². The van der Waals surface area contributed by atoms with Crippen LogP contribution in [0.4, 0.5) is 51.2 Å². The minimum Gasteiger partial charge on any atom is -0.311 e. The lowest BCUT2D eigenvalue weighted by Gasteiger charge is -2.49. The largest absolute Gasteiger partial charge is 0.311 e. The molecule has 0 aromatic heterocycles. The molecule has 4 heteroatoms. The van der Waals surface area contributed by atoms with Crippen molar-refractivity contribution < 1.29 is 0 Å². The van der Waals surface area contributed by atoms with E-state index >= 15 is 0 Å². The van der Waals surface area contributed by atoms with Crippen LogP contribution in [0.2, 0.25) is 0 Å². The zero-order valence-electron chi connectivity index (χ0n) is 56.5. The average molecular weight is 1150 g/mol. The van der Waals surface area contributed by atoms with Gasteiger partial charge in [-0.3, -0.25) is 0 Å². The molecule has 2 aliphatic heterocycles. The van der Waals surface area contributed by atoms with Gasteiger partial charge < -0.3 is 14.7 Å². The van der Waals surface area contributed by atoms with Gasteiger partial charge in [0.15, 0.2) is 0 Å². The van der Waals surface area contributed by atoms with Crippen molar-refractivity contribution in [1.29, 1.82) is 0 Å². The molecule has 14 rings (SSSR count). The lowest BCUT2D eigenvalue weighted by molar-refractivity contribution is 0.332. The molecule has 2 heterocycles. The molecule has 0 bridgehead atoms. The van der Waals surface area contributed by atoms with Crippen LogP contribution in [0.1, 0.15) is 233 Å². The third kappa shape index (κ3) is 8.84. The molecule has 3 nitrogen and oxygen atoms in total. The van der Waals surface area contributed by atoms with E-state index in [1.807, 2.05) is 0 Å². The van der Waals surface area contributed by atoms with Gasteiger partial charge in [-0.25, -0.2) is 0 Å². The topological polar surface area (TPSA) is 9.72 Å². The van der Waals surface area contributed by atoms with Crippen LogP contribution in [0.5, 0.6) is 0 Å². The van der Waals surface area contributed by atoms with Gasteiger partial charge in [-0.05, 0) is 238 Å². The molecule has 0 unspecified atom stereocenters. The molecule has 0 spiro atoms. The highest BCUT2D eigenvalue weighted by Crippen LogP contribution is 2.57. The maximum atomic E-state index is 2.77. The average Bonchev–Trinajstić information content (AvgIpc) is 1.15. The molecule has 0 atom stereocenters. The van der Waals surface area contributed by atoms with E-state index in [1.165, 1.54) is 124 Å². The van der Waals surface area contributed by atoms with Crippen LogP contribution in [0, 0.1) is 0 Å². The first kappa shape index (κ1) is 57.9. The lowest BCUT2D eigenvalue weighted by Crippen LogP contribution is -2.62. The fraction of sp³-hybridized carbons (Fsp3) is 0.422. The van der Waals surface area contributed by atoms with Crippen LogP contribution in [0.3, 0.4) is 0 Å². The fourth-order valence-electron chi connectivity index (χ4n) is 17.0. The predicted octanol–water partition coefficient (Wildman–Crippen LogP) is 21.2. The summed E-state index contributed by atoms with van der Waals surface area (Å²) in [6.45, 7) is 48.8. The maximum Gasteiger partial charge on any atom is 0.252 e. The zero-order valence-corrected chi connectivity index (χ0v) is 56.5. The number of fused-ring (bicyclic) bond motifs is 10. The molecular weight excluding hydrogens is 1050 g/mol. The minimum atomic E-state index is -0.126. The Hall–Kier alpha value is -6.78. The molecule has 0 radical (unpaired) electrons. The molecule has 8 aromatic rings. The first-order chi connectivity index (χ1) is 40.6. The number of anilines is 9. The summed E-state index contributed by atoms with van der Waals surface area (Å²) in [7, 11) is 0. The van der Waals surface area contributed by atoms with Crippen molar-refractivity contribution in [3.05, 3.63) is 201 Å². The van der Waals surface area contributed by atoms with Crippen LogP contribution in [0.15, 0.2) is 146 Å². The van der Waals surface area contributed by atoms with Crippen LogP contribution in [-0.2, 0) is 48.7 Å². The molecule has 0 saturated carbocycles. The van der Waals surface area contributed by atoms with Crippen molar-refractivity contribution in [3.8, 4) is 11.1 Å².